The molecule has 0 aliphatic heterocycles. The zero-order chi connectivity index (χ0) is 11.4. The van der Waals surface area contributed by atoms with E-state index in [2.05, 4.69) is 5.73 Å². The van der Waals surface area contributed by atoms with Crippen molar-refractivity contribution in [3.05, 3.63) is 39.9 Å². The third kappa shape index (κ3) is 2.72. The summed E-state index contributed by atoms with van der Waals surface area (Å²) in [7, 11) is 0. The van der Waals surface area contributed by atoms with Crippen molar-refractivity contribution >= 4 is 5.69 Å². The van der Waals surface area contributed by atoms with Gasteiger partial charge in [0.05, 0.1) is 11.5 Å². The number of nitro groups is 1. The number of nitrogens with zero attached hydrogens (tertiary/aromatic N) is 1. The van der Waals surface area contributed by atoms with Crippen molar-refractivity contribution in [2.75, 3.05) is 6.61 Å². The van der Waals surface area contributed by atoms with E-state index in [1.165, 1.54) is 24.3 Å². The molecule has 1 aromatic rings. The maximum Gasteiger partial charge on any atom is 0.269 e. The van der Waals surface area contributed by atoms with E-state index in [1.54, 1.807) is 0 Å². The number of rotatable bonds is 4. The molecule has 1 rings (SSSR count). The predicted octanol–water partition coefficient (Wildman–Crippen LogP) is -0.769. The number of benzene rings is 1. The number of quaternary nitrogens is 1. The summed E-state index contributed by atoms with van der Waals surface area (Å²) in [6.07, 6.45) is -0.907. The molecule has 0 unspecified atom stereocenters. The van der Waals surface area contributed by atoms with Crippen LogP contribution in [0.1, 0.15) is 11.7 Å². The van der Waals surface area contributed by atoms with Gasteiger partial charge < -0.3 is 15.9 Å². The van der Waals surface area contributed by atoms with Gasteiger partial charge >= 0.3 is 0 Å². The Morgan fingerprint density at radius 1 is 1.40 bits per heavy atom. The molecule has 2 atom stereocenters. The molecule has 0 radical (unpaired) electrons. The van der Waals surface area contributed by atoms with Gasteiger partial charge in [0, 0.05) is 12.1 Å². The SMILES string of the molecule is [NH3+][C@@H](CO)[C@H](O)c1ccc([N+](=O)[O-])cc1. The third-order valence-corrected chi connectivity index (χ3v) is 2.13. The lowest BCUT2D eigenvalue weighted by atomic mass is 10.0. The van der Waals surface area contributed by atoms with Crippen LogP contribution >= 0.6 is 0 Å². The molecule has 0 amide bonds. The van der Waals surface area contributed by atoms with Crippen LogP contribution in [0.5, 0.6) is 0 Å². The summed E-state index contributed by atoms with van der Waals surface area (Å²) in [5.74, 6) is 0. The number of aliphatic hydroxyl groups is 2. The van der Waals surface area contributed by atoms with Crippen LogP contribution in [0.25, 0.3) is 0 Å². The van der Waals surface area contributed by atoms with Gasteiger partial charge in [-0.1, -0.05) is 0 Å². The fourth-order valence-corrected chi connectivity index (χ4v) is 1.17. The second-order valence-corrected chi connectivity index (χ2v) is 3.24. The second-order valence-electron chi connectivity index (χ2n) is 3.24. The molecule has 0 spiro atoms. The predicted molar refractivity (Wildman–Crippen MR) is 51.8 cm³/mol. The number of aliphatic hydroxyl groups excluding tert-OH is 2. The van der Waals surface area contributed by atoms with Gasteiger partial charge in [0.25, 0.3) is 5.69 Å². The van der Waals surface area contributed by atoms with Gasteiger partial charge in [-0.2, -0.15) is 0 Å². The highest BCUT2D eigenvalue weighted by Crippen LogP contribution is 2.18. The molecule has 6 nitrogen and oxygen atoms in total. The summed E-state index contributed by atoms with van der Waals surface area (Å²) in [6.45, 7) is -0.238. The van der Waals surface area contributed by atoms with Crippen LogP contribution in [0.3, 0.4) is 0 Å². The maximum absolute atomic E-state index is 10.4. The van der Waals surface area contributed by atoms with Crippen molar-refractivity contribution < 1.29 is 20.9 Å². The first-order chi connectivity index (χ1) is 7.06. The highest BCUT2D eigenvalue weighted by molar-refractivity contribution is 5.33. The van der Waals surface area contributed by atoms with Gasteiger partial charge in [-0.05, 0) is 17.7 Å². The molecule has 15 heavy (non-hydrogen) atoms. The monoisotopic (exact) mass is 213 g/mol. The zero-order valence-electron chi connectivity index (χ0n) is 8.04. The van der Waals surface area contributed by atoms with Crippen molar-refractivity contribution in [2.24, 2.45) is 0 Å². The van der Waals surface area contributed by atoms with Crippen LogP contribution in [0.2, 0.25) is 0 Å². The summed E-state index contributed by atoms with van der Waals surface area (Å²) in [5.41, 5.74) is 4.03. The van der Waals surface area contributed by atoms with Crippen molar-refractivity contribution in [2.45, 2.75) is 12.1 Å². The van der Waals surface area contributed by atoms with Crippen molar-refractivity contribution in [1.29, 1.82) is 0 Å². The zero-order valence-corrected chi connectivity index (χ0v) is 8.04. The summed E-state index contributed by atoms with van der Waals surface area (Å²) in [6, 6.07) is 4.99. The summed E-state index contributed by atoms with van der Waals surface area (Å²) in [4.78, 5) is 9.85. The standard InChI is InChI=1S/C9H12N2O4/c10-8(5-12)9(13)6-1-3-7(4-2-6)11(14)15/h1-4,8-9,12-13H,5,10H2/p+1/t8-,9+/m0/s1. The van der Waals surface area contributed by atoms with Crippen molar-refractivity contribution in [3.63, 3.8) is 0 Å². The number of hydrogen-bond acceptors (Lipinski definition) is 4. The van der Waals surface area contributed by atoms with Crippen LogP contribution in [-0.2, 0) is 0 Å². The maximum atomic E-state index is 10.4. The first-order valence-electron chi connectivity index (χ1n) is 4.42. The third-order valence-electron chi connectivity index (χ3n) is 2.13. The molecule has 0 aliphatic rings. The molecule has 0 bridgehead atoms. The van der Waals surface area contributed by atoms with Gasteiger partial charge in [0.1, 0.15) is 12.1 Å². The van der Waals surface area contributed by atoms with Crippen LogP contribution < -0.4 is 5.73 Å². The van der Waals surface area contributed by atoms with E-state index in [0.717, 1.165) is 0 Å². The highest BCUT2D eigenvalue weighted by atomic mass is 16.6. The minimum Gasteiger partial charge on any atom is -0.390 e. The molecule has 0 aliphatic carbocycles. The van der Waals surface area contributed by atoms with Crippen LogP contribution in [0, 0.1) is 10.1 Å². The lowest BCUT2D eigenvalue weighted by molar-refractivity contribution is -0.444. The van der Waals surface area contributed by atoms with E-state index < -0.39 is 17.1 Å². The molecule has 6 heteroatoms. The molecule has 0 aromatic heterocycles. The summed E-state index contributed by atoms with van der Waals surface area (Å²) >= 11 is 0. The Morgan fingerprint density at radius 2 is 1.93 bits per heavy atom. The van der Waals surface area contributed by atoms with Gasteiger partial charge in [-0.25, -0.2) is 0 Å². The van der Waals surface area contributed by atoms with E-state index in [-0.39, 0.29) is 12.3 Å². The van der Waals surface area contributed by atoms with E-state index in [1.807, 2.05) is 0 Å². The Morgan fingerprint density at radius 3 is 2.33 bits per heavy atom. The molecule has 82 valence electrons. The van der Waals surface area contributed by atoms with Crippen molar-refractivity contribution in [1.82, 2.24) is 0 Å². The normalized spacial score (nSPS) is 14.6. The lowest BCUT2D eigenvalue weighted by Gasteiger charge is -2.13. The Kier molecular flexibility index (Phi) is 3.73. The average Bonchev–Trinajstić information content (AvgIpc) is 2.27. The first-order valence-corrected chi connectivity index (χ1v) is 4.42. The topological polar surface area (TPSA) is 111 Å². The number of nitro benzene ring substituents is 1. The van der Waals surface area contributed by atoms with Gasteiger partial charge in [0.2, 0.25) is 0 Å². The lowest BCUT2D eigenvalue weighted by Crippen LogP contribution is -2.65. The molecular weight excluding hydrogens is 200 g/mol. The number of hydrogen-bond donors (Lipinski definition) is 3. The van der Waals surface area contributed by atoms with Gasteiger partial charge in [-0.3, -0.25) is 10.1 Å². The highest BCUT2D eigenvalue weighted by Gasteiger charge is 2.19. The van der Waals surface area contributed by atoms with Gasteiger partial charge in [0.15, 0.2) is 0 Å². The minimum absolute atomic E-state index is 0.0319. The van der Waals surface area contributed by atoms with E-state index in [0.29, 0.717) is 5.56 Å². The van der Waals surface area contributed by atoms with Crippen LogP contribution in [-0.4, -0.2) is 27.8 Å². The van der Waals surface area contributed by atoms with Crippen molar-refractivity contribution in [3.8, 4) is 0 Å². The second kappa shape index (κ2) is 4.83. The average molecular weight is 213 g/mol. The summed E-state index contributed by atoms with van der Waals surface area (Å²) in [5, 5.41) is 28.8. The molecule has 0 saturated carbocycles. The molecule has 0 saturated heterocycles. The molecule has 0 fully saturated rings. The smallest absolute Gasteiger partial charge is 0.269 e. The van der Waals surface area contributed by atoms with Crippen LogP contribution in [0.4, 0.5) is 5.69 Å². The minimum atomic E-state index is -0.907. The van der Waals surface area contributed by atoms with E-state index >= 15 is 0 Å². The van der Waals surface area contributed by atoms with E-state index in [4.69, 9.17) is 5.11 Å². The Labute approximate surface area is 86.1 Å². The van der Waals surface area contributed by atoms with E-state index in [9.17, 15) is 15.2 Å². The fourth-order valence-electron chi connectivity index (χ4n) is 1.17. The number of non-ortho nitro benzene ring substituents is 1. The fraction of sp³-hybridized carbons (Fsp3) is 0.333. The Balaban J connectivity index is 2.84. The first kappa shape index (κ1) is 11.6. The van der Waals surface area contributed by atoms with Gasteiger partial charge in [-0.15, -0.1) is 0 Å². The quantitative estimate of drug-likeness (QED) is 0.450. The largest absolute Gasteiger partial charge is 0.390 e. The molecule has 1 aromatic carbocycles. The summed E-state index contributed by atoms with van der Waals surface area (Å²) < 4.78 is 0. The molecule has 0 heterocycles. The molecular formula is C9H13N2O4+. The Hall–Kier alpha value is -1.50. The van der Waals surface area contributed by atoms with Crippen LogP contribution in [0.15, 0.2) is 24.3 Å². The Bertz CT molecular complexity index is 338. The molecule has 5 N–H and O–H groups in total.